The highest BCUT2D eigenvalue weighted by molar-refractivity contribution is 5.72. The zero-order valence-electron chi connectivity index (χ0n) is 19.6. The van der Waals surface area contributed by atoms with Crippen molar-refractivity contribution < 1.29 is 14.3 Å². The van der Waals surface area contributed by atoms with E-state index in [0.717, 1.165) is 44.6 Å². The molecule has 3 aliphatic heterocycles. The van der Waals surface area contributed by atoms with E-state index >= 15 is 0 Å². The lowest BCUT2D eigenvalue weighted by atomic mass is 9.85. The summed E-state index contributed by atoms with van der Waals surface area (Å²) in [5.41, 5.74) is 6.05. The van der Waals surface area contributed by atoms with Crippen LogP contribution in [0.25, 0.3) is 11.1 Å². The first kappa shape index (κ1) is 21.3. The van der Waals surface area contributed by atoms with Crippen molar-refractivity contribution in [2.75, 3.05) is 26.7 Å². The second kappa shape index (κ2) is 8.11. The molecule has 5 nitrogen and oxygen atoms in total. The average molecular weight is 435 g/mol. The quantitative estimate of drug-likeness (QED) is 0.726. The van der Waals surface area contributed by atoms with Gasteiger partial charge in [-0.2, -0.15) is 0 Å². The fourth-order valence-electron chi connectivity index (χ4n) is 5.92. The lowest BCUT2D eigenvalue weighted by Crippen LogP contribution is -2.53. The first-order chi connectivity index (χ1) is 15.3. The largest absolute Gasteiger partial charge is 0.497 e. The van der Waals surface area contributed by atoms with Crippen LogP contribution in [0.1, 0.15) is 49.4 Å². The second-order valence-electron chi connectivity index (χ2n) is 10.4. The lowest BCUT2D eigenvalue weighted by molar-refractivity contribution is -0.0348. The van der Waals surface area contributed by atoms with Crippen molar-refractivity contribution in [2.45, 2.75) is 52.2 Å². The monoisotopic (exact) mass is 434 g/mol. The standard InChI is InChI=1S/C27H34N2O3/c1-17-13-21(31-4)6-8-22(17)19-5-7-23-20(14-19)15-27(2,3)25(23)28-26(30)32-24-16-29-11-9-18(24)10-12-29/h5-8,13-14,18,24-25H,9-12,15-16H2,1-4H3,(H,28,30)/t24-,25?/m0/s1. The maximum absolute atomic E-state index is 12.9. The van der Waals surface area contributed by atoms with Gasteiger partial charge in [-0.05, 0) is 90.6 Å². The number of fused-ring (bicyclic) bond motifs is 4. The van der Waals surface area contributed by atoms with Crippen molar-refractivity contribution in [3.05, 3.63) is 53.1 Å². The maximum Gasteiger partial charge on any atom is 0.407 e. The molecule has 1 N–H and O–H groups in total. The fraction of sp³-hybridized carbons (Fsp3) is 0.519. The first-order valence-electron chi connectivity index (χ1n) is 11.8. The number of nitrogens with zero attached hydrogens (tertiary/aromatic N) is 1. The van der Waals surface area contributed by atoms with Gasteiger partial charge in [0, 0.05) is 6.54 Å². The Balaban J connectivity index is 1.34. The minimum atomic E-state index is -0.273. The number of amides is 1. The first-order valence-corrected chi connectivity index (χ1v) is 11.8. The molecule has 2 aromatic carbocycles. The molecule has 3 fully saturated rings. The number of alkyl carbamates (subject to hydrolysis) is 1. The molecule has 2 bridgehead atoms. The van der Waals surface area contributed by atoms with Crippen molar-refractivity contribution in [3.63, 3.8) is 0 Å². The van der Waals surface area contributed by atoms with Crippen LogP contribution in [0.5, 0.6) is 5.75 Å². The highest BCUT2D eigenvalue weighted by atomic mass is 16.6. The van der Waals surface area contributed by atoms with E-state index in [2.05, 4.69) is 61.3 Å². The van der Waals surface area contributed by atoms with Gasteiger partial charge < -0.3 is 14.8 Å². The van der Waals surface area contributed by atoms with Crippen molar-refractivity contribution in [2.24, 2.45) is 11.3 Å². The normalized spacial score (nSPS) is 27.6. The van der Waals surface area contributed by atoms with Crippen molar-refractivity contribution in [3.8, 4) is 16.9 Å². The van der Waals surface area contributed by atoms with E-state index in [9.17, 15) is 4.79 Å². The number of aryl methyl sites for hydroxylation is 1. The molecule has 1 aliphatic carbocycles. The highest BCUT2D eigenvalue weighted by Gasteiger charge is 2.42. The van der Waals surface area contributed by atoms with E-state index in [1.54, 1.807) is 7.11 Å². The molecule has 170 valence electrons. The number of hydrogen-bond donors (Lipinski definition) is 1. The Morgan fingerprint density at radius 3 is 2.56 bits per heavy atom. The van der Waals surface area contributed by atoms with Gasteiger partial charge in [0.15, 0.2) is 0 Å². The van der Waals surface area contributed by atoms with Crippen LogP contribution < -0.4 is 10.1 Å². The minimum Gasteiger partial charge on any atom is -0.497 e. The number of benzene rings is 2. The van der Waals surface area contributed by atoms with Gasteiger partial charge in [-0.3, -0.25) is 4.90 Å². The molecule has 32 heavy (non-hydrogen) atoms. The van der Waals surface area contributed by atoms with Crippen LogP contribution in [-0.2, 0) is 11.2 Å². The molecule has 3 saturated heterocycles. The SMILES string of the molecule is COc1ccc(-c2ccc3c(c2)CC(C)(C)C3NC(=O)O[C@H]2CN3CCC2CC3)c(C)c1. The number of carbonyl (C=O) groups is 1. The van der Waals surface area contributed by atoms with Gasteiger partial charge in [0.1, 0.15) is 11.9 Å². The number of piperidine rings is 3. The highest BCUT2D eigenvalue weighted by Crippen LogP contribution is 2.46. The Morgan fingerprint density at radius 2 is 1.91 bits per heavy atom. The molecule has 1 amide bonds. The van der Waals surface area contributed by atoms with Gasteiger partial charge in [0.05, 0.1) is 13.2 Å². The second-order valence-corrected chi connectivity index (χ2v) is 10.4. The summed E-state index contributed by atoms with van der Waals surface area (Å²) >= 11 is 0. The summed E-state index contributed by atoms with van der Waals surface area (Å²) in [6.45, 7) is 9.74. The van der Waals surface area contributed by atoms with E-state index < -0.39 is 0 Å². The van der Waals surface area contributed by atoms with E-state index in [1.807, 2.05) is 6.07 Å². The van der Waals surface area contributed by atoms with Gasteiger partial charge in [-0.1, -0.05) is 38.1 Å². The number of hydrogen-bond acceptors (Lipinski definition) is 4. The van der Waals surface area contributed by atoms with Gasteiger partial charge in [0.25, 0.3) is 0 Å². The molecule has 1 unspecified atom stereocenters. The number of ether oxygens (including phenoxy) is 2. The Morgan fingerprint density at radius 1 is 1.12 bits per heavy atom. The molecule has 2 aromatic rings. The number of rotatable bonds is 4. The Bertz CT molecular complexity index is 1020. The van der Waals surface area contributed by atoms with E-state index in [-0.39, 0.29) is 23.7 Å². The Kier molecular flexibility index (Phi) is 5.40. The van der Waals surface area contributed by atoms with Crippen molar-refractivity contribution in [1.29, 1.82) is 0 Å². The zero-order chi connectivity index (χ0) is 22.5. The molecule has 2 atom stereocenters. The molecule has 0 aromatic heterocycles. The van der Waals surface area contributed by atoms with Crippen molar-refractivity contribution >= 4 is 6.09 Å². The van der Waals surface area contributed by atoms with Crippen molar-refractivity contribution in [1.82, 2.24) is 10.2 Å². The van der Waals surface area contributed by atoms with Crippen LogP contribution in [0.2, 0.25) is 0 Å². The summed E-state index contributed by atoms with van der Waals surface area (Å²) in [5, 5.41) is 3.22. The topological polar surface area (TPSA) is 50.8 Å². The van der Waals surface area contributed by atoms with Gasteiger partial charge in [0.2, 0.25) is 0 Å². The summed E-state index contributed by atoms with van der Waals surface area (Å²) in [6.07, 6.45) is 2.97. The molecule has 6 rings (SSSR count). The third-order valence-corrected chi connectivity index (χ3v) is 7.74. The smallest absolute Gasteiger partial charge is 0.407 e. The summed E-state index contributed by atoms with van der Waals surface area (Å²) in [6, 6.07) is 12.8. The third kappa shape index (κ3) is 3.88. The van der Waals surface area contributed by atoms with Crippen LogP contribution in [0, 0.1) is 18.3 Å². The summed E-state index contributed by atoms with van der Waals surface area (Å²) in [7, 11) is 1.69. The number of carbonyl (C=O) groups excluding carboxylic acids is 1. The van der Waals surface area contributed by atoms with E-state index in [4.69, 9.17) is 9.47 Å². The average Bonchev–Trinajstić information content (AvgIpc) is 3.03. The van der Waals surface area contributed by atoms with Crippen LogP contribution in [-0.4, -0.2) is 43.8 Å². The molecular formula is C27H34N2O3. The van der Waals surface area contributed by atoms with Crippen LogP contribution in [0.4, 0.5) is 4.79 Å². The van der Waals surface area contributed by atoms with Crippen LogP contribution >= 0.6 is 0 Å². The molecule has 4 aliphatic rings. The Hall–Kier alpha value is -2.53. The predicted molar refractivity (Wildman–Crippen MR) is 126 cm³/mol. The van der Waals surface area contributed by atoms with Crippen LogP contribution in [0.15, 0.2) is 36.4 Å². The summed E-state index contributed by atoms with van der Waals surface area (Å²) in [5.74, 6) is 1.39. The van der Waals surface area contributed by atoms with E-state index in [1.165, 1.54) is 27.8 Å². The van der Waals surface area contributed by atoms with Gasteiger partial charge in [-0.15, -0.1) is 0 Å². The lowest BCUT2D eigenvalue weighted by Gasteiger charge is -2.44. The molecule has 5 heteroatoms. The Labute approximate surface area is 191 Å². The molecular weight excluding hydrogens is 400 g/mol. The van der Waals surface area contributed by atoms with Gasteiger partial charge >= 0.3 is 6.09 Å². The zero-order valence-corrected chi connectivity index (χ0v) is 19.6. The van der Waals surface area contributed by atoms with Gasteiger partial charge in [-0.25, -0.2) is 4.79 Å². The number of methoxy groups -OCH3 is 1. The van der Waals surface area contributed by atoms with E-state index in [0.29, 0.717) is 5.92 Å². The molecule has 0 radical (unpaired) electrons. The van der Waals surface area contributed by atoms with Crippen LogP contribution in [0.3, 0.4) is 0 Å². The molecule has 3 heterocycles. The molecule has 0 saturated carbocycles. The molecule has 0 spiro atoms. The predicted octanol–water partition coefficient (Wildman–Crippen LogP) is 5.11. The summed E-state index contributed by atoms with van der Waals surface area (Å²) in [4.78, 5) is 15.3. The number of nitrogens with one attached hydrogen (secondary N) is 1. The maximum atomic E-state index is 12.9. The minimum absolute atomic E-state index is 0.0295. The fourth-order valence-corrected chi connectivity index (χ4v) is 5.92. The third-order valence-electron chi connectivity index (χ3n) is 7.74. The summed E-state index contributed by atoms with van der Waals surface area (Å²) < 4.78 is 11.3.